The average Bonchev–Trinajstić information content (AvgIpc) is 2.83. The molecule has 0 unspecified atom stereocenters. The molecule has 0 spiro atoms. The molecule has 0 saturated carbocycles. The number of para-hydroxylation sites is 1. The predicted octanol–water partition coefficient (Wildman–Crippen LogP) is 3.26. The molecule has 3 aromatic carbocycles. The molecule has 3 aromatic rings. The molecule has 0 atom stereocenters. The van der Waals surface area contributed by atoms with Gasteiger partial charge in [-0.15, -0.1) is 0 Å². The minimum atomic E-state index is -4.04. The number of carbonyl (C=O) groups is 1. The molecule has 3 rings (SSSR count). The molecule has 176 valence electrons. The number of carbonyl (C=O) groups excluding carboxylic acids is 1. The monoisotopic (exact) mass is 482 g/mol. The summed E-state index contributed by atoms with van der Waals surface area (Å²) in [5, 5.41) is 15.0. The minimum absolute atomic E-state index is 0.0418. The number of benzene rings is 3. The van der Waals surface area contributed by atoms with Crippen molar-refractivity contribution in [3.8, 4) is 5.75 Å². The Kier molecular flexibility index (Phi) is 7.59. The van der Waals surface area contributed by atoms with Crippen LogP contribution in [-0.4, -0.2) is 39.1 Å². The molecule has 1 amide bonds. The van der Waals surface area contributed by atoms with Gasteiger partial charge in [-0.2, -0.15) is 5.10 Å². The molecule has 0 saturated heterocycles. The lowest BCUT2D eigenvalue weighted by Gasteiger charge is -2.25. The third-order valence-electron chi connectivity index (χ3n) is 4.81. The first-order valence-corrected chi connectivity index (χ1v) is 11.5. The lowest BCUT2D eigenvalue weighted by Crippen LogP contribution is -2.40. The van der Waals surface area contributed by atoms with Crippen molar-refractivity contribution in [2.75, 3.05) is 18.0 Å². The van der Waals surface area contributed by atoms with E-state index in [0.29, 0.717) is 16.8 Å². The van der Waals surface area contributed by atoms with Crippen molar-refractivity contribution in [2.24, 2.45) is 5.10 Å². The largest absolute Gasteiger partial charge is 0.490 e. The second-order valence-corrected chi connectivity index (χ2v) is 8.96. The van der Waals surface area contributed by atoms with Gasteiger partial charge in [0.15, 0.2) is 5.75 Å². The van der Waals surface area contributed by atoms with Crippen LogP contribution in [0.15, 0.2) is 82.8 Å². The number of nitrogens with one attached hydrogen (secondary N) is 1. The van der Waals surface area contributed by atoms with Crippen molar-refractivity contribution in [3.63, 3.8) is 0 Å². The zero-order valence-electron chi connectivity index (χ0n) is 18.4. The van der Waals surface area contributed by atoms with E-state index in [0.717, 1.165) is 4.31 Å². The third kappa shape index (κ3) is 5.56. The molecule has 0 heterocycles. The van der Waals surface area contributed by atoms with E-state index in [4.69, 9.17) is 4.74 Å². The Hall–Kier alpha value is -4.25. The Morgan fingerprint density at radius 1 is 1.12 bits per heavy atom. The van der Waals surface area contributed by atoms with Crippen LogP contribution in [0.5, 0.6) is 5.75 Å². The van der Waals surface area contributed by atoms with Crippen molar-refractivity contribution >= 4 is 33.5 Å². The average molecular weight is 483 g/mol. The highest BCUT2D eigenvalue weighted by molar-refractivity contribution is 7.92. The molecular weight excluding hydrogens is 460 g/mol. The predicted molar refractivity (Wildman–Crippen MR) is 128 cm³/mol. The number of anilines is 1. The molecule has 11 heteroatoms. The number of nitro groups is 1. The van der Waals surface area contributed by atoms with Crippen LogP contribution in [0.3, 0.4) is 0 Å². The van der Waals surface area contributed by atoms with Gasteiger partial charge in [-0.05, 0) is 42.8 Å². The molecule has 0 bridgehead atoms. The maximum absolute atomic E-state index is 13.3. The first-order valence-electron chi connectivity index (χ1n) is 10.0. The number of hydrogen-bond acceptors (Lipinski definition) is 7. The number of nitrogens with zero attached hydrogens (tertiary/aromatic N) is 3. The van der Waals surface area contributed by atoms with Gasteiger partial charge in [0.25, 0.3) is 15.9 Å². The Labute approximate surface area is 196 Å². The van der Waals surface area contributed by atoms with Crippen LogP contribution in [0, 0.1) is 17.0 Å². The van der Waals surface area contributed by atoms with Gasteiger partial charge in [0.1, 0.15) is 6.54 Å². The van der Waals surface area contributed by atoms with E-state index in [2.05, 4.69) is 10.5 Å². The summed E-state index contributed by atoms with van der Waals surface area (Å²) in [5.74, 6) is -0.604. The maximum atomic E-state index is 13.3. The second kappa shape index (κ2) is 10.6. The number of ether oxygens (including phenoxy) is 1. The van der Waals surface area contributed by atoms with Crippen molar-refractivity contribution in [2.45, 2.75) is 11.8 Å². The van der Waals surface area contributed by atoms with Gasteiger partial charge in [0.05, 0.1) is 28.8 Å². The number of aryl methyl sites for hydroxylation is 1. The number of nitro benzene ring substituents is 1. The normalized spacial score (nSPS) is 11.2. The highest BCUT2D eigenvalue weighted by atomic mass is 32.2. The molecule has 1 N–H and O–H groups in total. The van der Waals surface area contributed by atoms with Gasteiger partial charge in [0, 0.05) is 11.6 Å². The minimum Gasteiger partial charge on any atom is -0.490 e. The van der Waals surface area contributed by atoms with E-state index < -0.39 is 27.4 Å². The van der Waals surface area contributed by atoms with Gasteiger partial charge in [-0.25, -0.2) is 13.8 Å². The number of rotatable bonds is 9. The number of hydrazone groups is 1. The summed E-state index contributed by atoms with van der Waals surface area (Å²) in [7, 11) is -2.72. The zero-order valence-corrected chi connectivity index (χ0v) is 19.2. The van der Waals surface area contributed by atoms with Gasteiger partial charge in [-0.3, -0.25) is 19.2 Å². The fourth-order valence-corrected chi connectivity index (χ4v) is 4.64. The van der Waals surface area contributed by atoms with E-state index in [1.807, 2.05) is 0 Å². The fraction of sp³-hybridized carbons (Fsp3) is 0.130. The zero-order chi connectivity index (χ0) is 24.7. The van der Waals surface area contributed by atoms with Gasteiger partial charge < -0.3 is 4.74 Å². The van der Waals surface area contributed by atoms with Crippen LogP contribution in [0.2, 0.25) is 0 Å². The lowest BCUT2D eigenvalue weighted by molar-refractivity contribution is -0.385. The van der Waals surface area contributed by atoms with Crippen LogP contribution in [0.4, 0.5) is 11.4 Å². The van der Waals surface area contributed by atoms with Gasteiger partial charge in [0.2, 0.25) is 0 Å². The van der Waals surface area contributed by atoms with Crippen LogP contribution in [0.25, 0.3) is 0 Å². The quantitative estimate of drug-likeness (QED) is 0.283. The van der Waals surface area contributed by atoms with Crippen LogP contribution in [0.1, 0.15) is 11.1 Å². The molecule has 0 radical (unpaired) electrons. The topological polar surface area (TPSA) is 131 Å². The summed E-state index contributed by atoms with van der Waals surface area (Å²) < 4.78 is 32.6. The summed E-state index contributed by atoms with van der Waals surface area (Å²) in [6.07, 6.45) is 1.22. The molecular formula is C23H22N4O6S. The van der Waals surface area contributed by atoms with E-state index in [-0.39, 0.29) is 16.3 Å². The summed E-state index contributed by atoms with van der Waals surface area (Å²) in [4.78, 5) is 23.2. The smallest absolute Gasteiger partial charge is 0.311 e. The Morgan fingerprint density at radius 2 is 1.79 bits per heavy atom. The van der Waals surface area contributed by atoms with E-state index in [1.165, 1.54) is 43.7 Å². The molecule has 34 heavy (non-hydrogen) atoms. The molecule has 0 fully saturated rings. The van der Waals surface area contributed by atoms with E-state index in [1.54, 1.807) is 49.4 Å². The number of sulfonamides is 1. The Bertz CT molecular complexity index is 1330. The summed E-state index contributed by atoms with van der Waals surface area (Å²) in [6.45, 7) is 1.22. The highest BCUT2D eigenvalue weighted by Crippen LogP contribution is 2.27. The second-order valence-electron chi connectivity index (χ2n) is 7.09. The Balaban J connectivity index is 1.82. The third-order valence-corrected chi connectivity index (χ3v) is 6.58. The van der Waals surface area contributed by atoms with Crippen LogP contribution < -0.4 is 14.5 Å². The standard InChI is InChI=1S/C23H22N4O6S/c1-17-8-6-7-11-20(17)26(34(31,32)19-9-4-3-5-10-19)16-23(28)25-24-15-18-12-13-22(33-2)21(14-18)27(29)30/h3-15H,16H2,1-2H3,(H,25,28)/b24-15-. The van der Waals surface area contributed by atoms with Crippen molar-refractivity contribution in [3.05, 3.63) is 94.0 Å². The summed E-state index contributed by atoms with van der Waals surface area (Å²) >= 11 is 0. The number of hydrogen-bond donors (Lipinski definition) is 1. The molecule has 0 aromatic heterocycles. The molecule has 0 aliphatic heterocycles. The van der Waals surface area contributed by atoms with Crippen molar-refractivity contribution in [1.29, 1.82) is 0 Å². The summed E-state index contributed by atoms with van der Waals surface area (Å²) in [5.41, 5.74) is 3.40. The van der Waals surface area contributed by atoms with Gasteiger partial charge in [-0.1, -0.05) is 36.4 Å². The SMILES string of the molecule is COc1ccc(/C=N\NC(=O)CN(c2ccccc2C)S(=O)(=O)c2ccccc2)cc1[N+](=O)[O-]. The van der Waals surface area contributed by atoms with Crippen LogP contribution >= 0.6 is 0 Å². The van der Waals surface area contributed by atoms with Crippen molar-refractivity contribution in [1.82, 2.24) is 5.43 Å². The molecule has 10 nitrogen and oxygen atoms in total. The highest BCUT2D eigenvalue weighted by Gasteiger charge is 2.28. The first kappa shape index (κ1) is 24.4. The molecule has 0 aliphatic rings. The summed E-state index contributed by atoms with van der Waals surface area (Å²) in [6, 6.07) is 18.8. The van der Waals surface area contributed by atoms with Crippen LogP contribution in [-0.2, 0) is 14.8 Å². The van der Waals surface area contributed by atoms with E-state index >= 15 is 0 Å². The Morgan fingerprint density at radius 3 is 2.44 bits per heavy atom. The van der Waals surface area contributed by atoms with Gasteiger partial charge >= 0.3 is 5.69 Å². The first-order chi connectivity index (χ1) is 16.2. The van der Waals surface area contributed by atoms with E-state index in [9.17, 15) is 23.3 Å². The lowest BCUT2D eigenvalue weighted by atomic mass is 10.2. The number of amides is 1. The number of methoxy groups -OCH3 is 1. The van der Waals surface area contributed by atoms with Crippen molar-refractivity contribution < 1.29 is 22.9 Å². The molecule has 0 aliphatic carbocycles. The maximum Gasteiger partial charge on any atom is 0.311 e. The fourth-order valence-electron chi connectivity index (χ4n) is 3.14.